The summed E-state index contributed by atoms with van der Waals surface area (Å²) in [6.07, 6.45) is 2.11. The zero-order chi connectivity index (χ0) is 16.7. The van der Waals surface area contributed by atoms with E-state index in [1.165, 1.54) is 0 Å². The minimum Gasteiger partial charge on any atom is -0.490 e. The zero-order valence-corrected chi connectivity index (χ0v) is 14.5. The Morgan fingerprint density at radius 3 is 2.78 bits per heavy atom. The van der Waals surface area contributed by atoms with Gasteiger partial charge in [0.1, 0.15) is 12.4 Å². The Bertz CT molecular complexity index is 531. The molecule has 128 valence electrons. The Hall–Kier alpha value is -1.30. The molecule has 1 aromatic carbocycles. The second-order valence-electron chi connectivity index (χ2n) is 6.23. The number of piperidine rings is 1. The second kappa shape index (κ2) is 8.52. The molecule has 5 nitrogen and oxygen atoms in total. The number of hydrogen-bond donors (Lipinski definition) is 2. The van der Waals surface area contributed by atoms with Crippen LogP contribution in [0.4, 0.5) is 0 Å². The van der Waals surface area contributed by atoms with Gasteiger partial charge in [-0.3, -0.25) is 4.79 Å². The van der Waals surface area contributed by atoms with Gasteiger partial charge in [0.2, 0.25) is 0 Å². The van der Waals surface area contributed by atoms with Gasteiger partial charge in [-0.25, -0.2) is 0 Å². The first-order valence-corrected chi connectivity index (χ1v) is 8.32. The number of hydrogen-bond acceptors (Lipinski definition) is 4. The highest BCUT2D eigenvalue weighted by Gasteiger charge is 2.27. The third-order valence-electron chi connectivity index (χ3n) is 4.22. The molecule has 0 bridgehead atoms. The molecule has 6 heteroatoms. The van der Waals surface area contributed by atoms with Crippen molar-refractivity contribution in [2.45, 2.75) is 19.8 Å². The molecule has 0 aromatic heterocycles. The van der Waals surface area contributed by atoms with Crippen molar-refractivity contribution in [2.75, 3.05) is 40.0 Å². The van der Waals surface area contributed by atoms with Crippen LogP contribution in [0.1, 0.15) is 30.1 Å². The Balaban J connectivity index is 2.01. The Labute approximate surface area is 142 Å². The molecule has 0 spiro atoms. The zero-order valence-electron chi connectivity index (χ0n) is 13.8. The van der Waals surface area contributed by atoms with Crippen molar-refractivity contribution in [1.82, 2.24) is 10.6 Å². The summed E-state index contributed by atoms with van der Waals surface area (Å²) in [4.78, 5) is 12.5. The lowest BCUT2D eigenvalue weighted by atomic mass is 9.81. The summed E-state index contributed by atoms with van der Waals surface area (Å²) in [6.45, 7) is 5.71. The van der Waals surface area contributed by atoms with Gasteiger partial charge in [-0.15, -0.1) is 0 Å². The average Bonchev–Trinajstić information content (AvgIpc) is 2.55. The fourth-order valence-electron chi connectivity index (χ4n) is 2.64. The largest absolute Gasteiger partial charge is 0.490 e. The van der Waals surface area contributed by atoms with Gasteiger partial charge in [-0.2, -0.15) is 0 Å². The van der Waals surface area contributed by atoms with Crippen molar-refractivity contribution < 1.29 is 14.3 Å². The van der Waals surface area contributed by atoms with Crippen LogP contribution in [-0.4, -0.2) is 45.9 Å². The van der Waals surface area contributed by atoms with Crippen molar-refractivity contribution in [3.05, 3.63) is 28.8 Å². The molecular weight excluding hydrogens is 316 g/mol. The molecule has 1 aliphatic rings. The first-order chi connectivity index (χ1) is 11.0. The monoisotopic (exact) mass is 340 g/mol. The smallest absolute Gasteiger partial charge is 0.255 e. The lowest BCUT2D eigenvalue weighted by Crippen LogP contribution is -2.43. The van der Waals surface area contributed by atoms with Crippen LogP contribution < -0.4 is 15.4 Å². The quantitative estimate of drug-likeness (QED) is 0.749. The summed E-state index contributed by atoms with van der Waals surface area (Å²) in [5, 5.41) is 6.89. The van der Waals surface area contributed by atoms with Gasteiger partial charge in [0.25, 0.3) is 5.91 Å². The second-order valence-corrected chi connectivity index (χ2v) is 6.66. The van der Waals surface area contributed by atoms with Crippen LogP contribution in [0.3, 0.4) is 0 Å². The van der Waals surface area contributed by atoms with E-state index in [0.29, 0.717) is 36.1 Å². The van der Waals surface area contributed by atoms with Gasteiger partial charge < -0.3 is 20.1 Å². The molecule has 0 radical (unpaired) electrons. The van der Waals surface area contributed by atoms with Crippen LogP contribution in [0.5, 0.6) is 5.75 Å². The van der Waals surface area contributed by atoms with Gasteiger partial charge in [-0.1, -0.05) is 18.5 Å². The highest BCUT2D eigenvalue weighted by molar-refractivity contribution is 6.31. The lowest BCUT2D eigenvalue weighted by Gasteiger charge is -2.34. The summed E-state index contributed by atoms with van der Waals surface area (Å²) in [5.41, 5.74) is 0.599. The van der Waals surface area contributed by atoms with Gasteiger partial charge in [0.15, 0.2) is 0 Å². The number of carbonyl (C=O) groups is 1. The summed E-state index contributed by atoms with van der Waals surface area (Å²) >= 11 is 6.03. The summed E-state index contributed by atoms with van der Waals surface area (Å²) in [5.74, 6) is 0.374. The van der Waals surface area contributed by atoms with Crippen LogP contribution in [0, 0.1) is 5.41 Å². The van der Waals surface area contributed by atoms with Crippen molar-refractivity contribution in [1.29, 1.82) is 0 Å². The molecule has 1 fully saturated rings. The predicted molar refractivity (Wildman–Crippen MR) is 91.4 cm³/mol. The van der Waals surface area contributed by atoms with E-state index in [0.717, 1.165) is 25.9 Å². The molecule has 1 heterocycles. The van der Waals surface area contributed by atoms with E-state index in [4.69, 9.17) is 21.1 Å². The first-order valence-electron chi connectivity index (χ1n) is 7.94. The number of amides is 1. The minimum absolute atomic E-state index is 0.135. The van der Waals surface area contributed by atoms with Crippen LogP contribution in [0.2, 0.25) is 5.02 Å². The van der Waals surface area contributed by atoms with Crippen LogP contribution in [-0.2, 0) is 4.74 Å². The summed E-state index contributed by atoms with van der Waals surface area (Å²) in [6, 6.07) is 5.08. The first kappa shape index (κ1) is 18.0. The molecule has 1 amide bonds. The highest BCUT2D eigenvalue weighted by atomic mass is 35.5. The van der Waals surface area contributed by atoms with Gasteiger partial charge in [0, 0.05) is 18.7 Å². The highest BCUT2D eigenvalue weighted by Crippen LogP contribution is 2.28. The molecule has 0 aliphatic carbocycles. The molecule has 2 N–H and O–H groups in total. The van der Waals surface area contributed by atoms with E-state index in [2.05, 4.69) is 17.6 Å². The topological polar surface area (TPSA) is 59.6 Å². The standard InChI is InChI=1S/C17H25ClN2O3/c1-17(5-7-19-8-6-17)12-20-16(21)14-11-13(18)3-4-15(14)23-10-9-22-2/h3-4,11,19H,5-10,12H2,1-2H3,(H,20,21). The Morgan fingerprint density at radius 2 is 2.09 bits per heavy atom. The van der Waals surface area contributed by atoms with Crippen molar-refractivity contribution in [3.63, 3.8) is 0 Å². The Kier molecular flexibility index (Phi) is 6.69. The van der Waals surface area contributed by atoms with E-state index < -0.39 is 0 Å². The lowest BCUT2D eigenvalue weighted by molar-refractivity contribution is 0.0914. The molecule has 0 unspecified atom stereocenters. The van der Waals surface area contributed by atoms with E-state index in [-0.39, 0.29) is 11.3 Å². The third-order valence-corrected chi connectivity index (χ3v) is 4.45. The van der Waals surface area contributed by atoms with Gasteiger partial charge >= 0.3 is 0 Å². The van der Waals surface area contributed by atoms with Crippen molar-refractivity contribution in [3.8, 4) is 5.75 Å². The molecule has 23 heavy (non-hydrogen) atoms. The molecule has 1 saturated heterocycles. The summed E-state index contributed by atoms with van der Waals surface area (Å²) in [7, 11) is 1.61. The molecular formula is C17H25ClN2O3. The molecule has 0 atom stereocenters. The number of halogens is 1. The number of rotatable bonds is 7. The van der Waals surface area contributed by atoms with Crippen LogP contribution in [0.15, 0.2) is 18.2 Å². The van der Waals surface area contributed by atoms with E-state index in [9.17, 15) is 4.79 Å². The van der Waals surface area contributed by atoms with Crippen LogP contribution >= 0.6 is 11.6 Å². The fraction of sp³-hybridized carbons (Fsp3) is 0.588. The number of nitrogens with one attached hydrogen (secondary N) is 2. The fourth-order valence-corrected chi connectivity index (χ4v) is 2.81. The molecule has 0 saturated carbocycles. The average molecular weight is 341 g/mol. The van der Waals surface area contributed by atoms with Crippen molar-refractivity contribution in [2.24, 2.45) is 5.41 Å². The SMILES string of the molecule is COCCOc1ccc(Cl)cc1C(=O)NCC1(C)CCNCC1. The van der Waals surface area contributed by atoms with E-state index in [1.54, 1.807) is 25.3 Å². The maximum Gasteiger partial charge on any atom is 0.255 e. The third kappa shape index (κ3) is 5.37. The normalized spacial score (nSPS) is 16.8. The van der Waals surface area contributed by atoms with Crippen LogP contribution in [0.25, 0.3) is 0 Å². The van der Waals surface area contributed by atoms with Gasteiger partial charge in [-0.05, 0) is 49.5 Å². The van der Waals surface area contributed by atoms with Crippen molar-refractivity contribution >= 4 is 17.5 Å². The molecule has 1 aliphatic heterocycles. The molecule has 2 rings (SSSR count). The minimum atomic E-state index is -0.153. The Morgan fingerprint density at radius 1 is 1.35 bits per heavy atom. The maximum absolute atomic E-state index is 12.5. The number of methoxy groups -OCH3 is 1. The van der Waals surface area contributed by atoms with E-state index >= 15 is 0 Å². The van der Waals surface area contributed by atoms with E-state index in [1.807, 2.05) is 0 Å². The number of carbonyl (C=O) groups excluding carboxylic acids is 1. The van der Waals surface area contributed by atoms with Gasteiger partial charge in [0.05, 0.1) is 12.2 Å². The number of ether oxygens (including phenoxy) is 2. The molecule has 1 aromatic rings. The summed E-state index contributed by atoms with van der Waals surface area (Å²) < 4.78 is 10.6. The predicted octanol–water partition coefficient (Wildman–Crippen LogP) is 2.48. The number of benzene rings is 1. The maximum atomic E-state index is 12.5.